The lowest BCUT2D eigenvalue weighted by Crippen LogP contribution is -2.36. The number of nitrogens with one attached hydrogen (secondary N) is 2. The summed E-state index contributed by atoms with van der Waals surface area (Å²) in [5.41, 5.74) is 5.42. The highest BCUT2D eigenvalue weighted by Gasteiger charge is 2.13. The van der Waals surface area contributed by atoms with E-state index in [0.717, 1.165) is 0 Å². The molecule has 0 atom stereocenters. The summed E-state index contributed by atoms with van der Waals surface area (Å²) < 4.78 is 4.48. The van der Waals surface area contributed by atoms with Crippen molar-refractivity contribution in [1.29, 1.82) is 0 Å². The third-order valence-electron chi connectivity index (χ3n) is 1.75. The number of hydrogen-bond acceptors (Lipinski definition) is 6. The molecule has 0 heterocycles. The summed E-state index contributed by atoms with van der Waals surface area (Å²) in [5, 5.41) is 2.72. The quantitative estimate of drug-likeness (QED) is 0.353. The van der Waals surface area contributed by atoms with E-state index in [9.17, 15) is 14.5 Å². The van der Waals surface area contributed by atoms with E-state index in [1.54, 1.807) is 6.92 Å². The van der Waals surface area contributed by atoms with Crippen LogP contribution in [0.3, 0.4) is 0 Å². The zero-order valence-corrected chi connectivity index (χ0v) is 9.10. The minimum absolute atomic E-state index is 0.131. The highest BCUT2D eigenvalue weighted by Crippen LogP contribution is 2.14. The van der Waals surface area contributed by atoms with Crippen LogP contribution < -0.4 is 10.9 Å². The molecule has 2 N–H and O–H groups in total. The van der Waals surface area contributed by atoms with Gasteiger partial charge in [0.2, 0.25) is 0 Å². The molecule has 0 bridgehead atoms. The number of amides is 1. The number of carbonyl (C=O) groups is 2. The molecule has 1 amide bonds. The second-order valence-corrected chi connectivity index (χ2v) is 2.94. The van der Waals surface area contributed by atoms with Gasteiger partial charge < -0.3 is 4.74 Å². The first-order valence-corrected chi connectivity index (χ1v) is 4.84. The van der Waals surface area contributed by atoms with Crippen LogP contribution in [0.5, 0.6) is 0 Å². The summed E-state index contributed by atoms with van der Waals surface area (Å²) in [6, 6.07) is 5.99. The standard InChI is InChI=1S/C10H11N3O4/c1-2-17-10(15)9(14)12-11-7-3-5-8(13-16)6-4-7/h3-6,11H,2H2,1H3,(H,12,14). The largest absolute Gasteiger partial charge is 0.459 e. The third-order valence-corrected chi connectivity index (χ3v) is 1.75. The first kappa shape index (κ1) is 12.6. The monoisotopic (exact) mass is 237 g/mol. The Kier molecular flexibility index (Phi) is 4.61. The van der Waals surface area contributed by atoms with Gasteiger partial charge in [-0.1, -0.05) is 0 Å². The number of nitroso groups, excluding NO2 is 1. The average molecular weight is 237 g/mol. The number of rotatable bonds is 4. The van der Waals surface area contributed by atoms with Gasteiger partial charge in [-0.05, 0) is 36.4 Å². The second kappa shape index (κ2) is 6.21. The van der Waals surface area contributed by atoms with Gasteiger partial charge in [-0.15, -0.1) is 4.91 Å². The van der Waals surface area contributed by atoms with E-state index in [1.165, 1.54) is 24.3 Å². The summed E-state index contributed by atoms with van der Waals surface area (Å²) in [6.45, 7) is 1.73. The molecule has 1 aromatic rings. The van der Waals surface area contributed by atoms with Crippen LogP contribution in [-0.4, -0.2) is 18.5 Å². The summed E-state index contributed by atoms with van der Waals surface area (Å²) in [4.78, 5) is 32.2. The smallest absolute Gasteiger partial charge is 0.398 e. The molecule has 0 saturated heterocycles. The minimum Gasteiger partial charge on any atom is -0.459 e. The van der Waals surface area contributed by atoms with Gasteiger partial charge in [0.15, 0.2) is 0 Å². The zero-order valence-electron chi connectivity index (χ0n) is 9.10. The lowest BCUT2D eigenvalue weighted by molar-refractivity contribution is -0.154. The van der Waals surface area contributed by atoms with Gasteiger partial charge >= 0.3 is 11.9 Å². The molecule has 0 aliphatic carbocycles. The van der Waals surface area contributed by atoms with Gasteiger partial charge in [0.25, 0.3) is 0 Å². The second-order valence-electron chi connectivity index (χ2n) is 2.94. The summed E-state index contributed by atoms with van der Waals surface area (Å²) in [5.74, 6) is -1.87. The lowest BCUT2D eigenvalue weighted by Gasteiger charge is -2.07. The van der Waals surface area contributed by atoms with Crippen molar-refractivity contribution in [1.82, 2.24) is 5.43 Å². The first-order chi connectivity index (χ1) is 8.17. The molecule has 0 aromatic heterocycles. The molecule has 7 nitrogen and oxygen atoms in total. The van der Waals surface area contributed by atoms with Crippen LogP contribution in [0.4, 0.5) is 11.4 Å². The van der Waals surface area contributed by atoms with Gasteiger partial charge in [0.05, 0.1) is 12.3 Å². The number of hydrazine groups is 1. The molecule has 90 valence electrons. The fourth-order valence-electron chi connectivity index (χ4n) is 0.982. The minimum atomic E-state index is -0.967. The summed E-state index contributed by atoms with van der Waals surface area (Å²) in [6.07, 6.45) is 0. The molecule has 1 rings (SSSR count). The van der Waals surface area contributed by atoms with Crippen molar-refractivity contribution < 1.29 is 14.3 Å². The third kappa shape index (κ3) is 3.90. The van der Waals surface area contributed by atoms with Crippen LogP contribution in [0, 0.1) is 4.91 Å². The van der Waals surface area contributed by atoms with Crippen LogP contribution in [-0.2, 0) is 14.3 Å². The summed E-state index contributed by atoms with van der Waals surface area (Å²) in [7, 11) is 0. The van der Waals surface area contributed by atoms with Crippen LogP contribution in [0.1, 0.15) is 6.92 Å². The maximum absolute atomic E-state index is 11.1. The average Bonchev–Trinajstić information content (AvgIpc) is 2.36. The van der Waals surface area contributed by atoms with Crippen molar-refractivity contribution in [2.45, 2.75) is 6.92 Å². The lowest BCUT2D eigenvalue weighted by atomic mass is 10.3. The number of ether oxygens (including phenoxy) is 1. The van der Waals surface area contributed by atoms with Crippen LogP contribution >= 0.6 is 0 Å². The molecule has 0 unspecified atom stereocenters. The Morgan fingerprint density at radius 2 is 1.94 bits per heavy atom. The van der Waals surface area contributed by atoms with E-state index >= 15 is 0 Å². The van der Waals surface area contributed by atoms with Crippen LogP contribution in [0.2, 0.25) is 0 Å². The Labute approximate surface area is 97.1 Å². The normalized spacial score (nSPS) is 9.24. The number of carbonyl (C=O) groups excluding carboxylic acids is 2. The van der Waals surface area contributed by atoms with E-state index in [2.05, 4.69) is 20.8 Å². The van der Waals surface area contributed by atoms with Gasteiger partial charge in [-0.25, -0.2) is 4.79 Å². The van der Waals surface area contributed by atoms with E-state index < -0.39 is 11.9 Å². The number of anilines is 1. The van der Waals surface area contributed by atoms with Crippen molar-refractivity contribution in [3.8, 4) is 0 Å². The number of benzene rings is 1. The number of nitrogens with zero attached hydrogens (tertiary/aromatic N) is 1. The molecule has 0 radical (unpaired) electrons. The van der Waals surface area contributed by atoms with Gasteiger partial charge in [-0.3, -0.25) is 15.6 Å². The van der Waals surface area contributed by atoms with E-state index in [4.69, 9.17) is 0 Å². The van der Waals surface area contributed by atoms with Crippen molar-refractivity contribution in [3.05, 3.63) is 29.2 Å². The molecule has 0 saturated carbocycles. The van der Waals surface area contributed by atoms with Crippen molar-refractivity contribution in [2.24, 2.45) is 5.18 Å². The molecular formula is C10H11N3O4. The number of esters is 1. The van der Waals surface area contributed by atoms with Gasteiger partial charge in [-0.2, -0.15) is 0 Å². The molecule has 0 aliphatic rings. The van der Waals surface area contributed by atoms with Gasteiger partial charge in [0, 0.05) is 0 Å². The maximum atomic E-state index is 11.1. The number of hydrogen-bond donors (Lipinski definition) is 2. The highest BCUT2D eigenvalue weighted by atomic mass is 16.5. The Hall–Kier alpha value is -2.44. The van der Waals surface area contributed by atoms with Gasteiger partial charge in [0.1, 0.15) is 5.69 Å². The molecule has 0 spiro atoms. The van der Waals surface area contributed by atoms with Crippen molar-refractivity contribution >= 4 is 23.3 Å². The topological polar surface area (TPSA) is 96.9 Å². The van der Waals surface area contributed by atoms with E-state index in [-0.39, 0.29) is 12.3 Å². The first-order valence-electron chi connectivity index (χ1n) is 4.84. The molecule has 7 heteroatoms. The highest BCUT2D eigenvalue weighted by molar-refractivity contribution is 6.32. The molecule has 17 heavy (non-hydrogen) atoms. The Morgan fingerprint density at radius 1 is 1.29 bits per heavy atom. The predicted molar refractivity (Wildman–Crippen MR) is 60.3 cm³/mol. The van der Waals surface area contributed by atoms with E-state index in [1.807, 2.05) is 0 Å². The molecular weight excluding hydrogens is 226 g/mol. The Balaban J connectivity index is 2.47. The van der Waals surface area contributed by atoms with Crippen LogP contribution in [0.15, 0.2) is 29.4 Å². The zero-order chi connectivity index (χ0) is 12.7. The van der Waals surface area contributed by atoms with Crippen LogP contribution in [0.25, 0.3) is 0 Å². The fourth-order valence-corrected chi connectivity index (χ4v) is 0.982. The molecule has 1 aromatic carbocycles. The van der Waals surface area contributed by atoms with Crippen molar-refractivity contribution in [3.63, 3.8) is 0 Å². The predicted octanol–water partition coefficient (Wildman–Crippen LogP) is 1.09. The SMILES string of the molecule is CCOC(=O)C(=O)NNc1ccc(N=O)cc1. The molecule has 0 aliphatic heterocycles. The Morgan fingerprint density at radius 3 is 2.47 bits per heavy atom. The van der Waals surface area contributed by atoms with Crippen molar-refractivity contribution in [2.75, 3.05) is 12.0 Å². The van der Waals surface area contributed by atoms with E-state index in [0.29, 0.717) is 5.69 Å². The Bertz CT molecular complexity index is 416. The maximum Gasteiger partial charge on any atom is 0.398 e. The summed E-state index contributed by atoms with van der Waals surface area (Å²) >= 11 is 0. The fraction of sp³-hybridized carbons (Fsp3) is 0.200. The molecule has 0 fully saturated rings.